The summed E-state index contributed by atoms with van der Waals surface area (Å²) in [6.07, 6.45) is 6.77. The van der Waals surface area contributed by atoms with E-state index in [1.54, 1.807) is 0 Å². The Labute approximate surface area is 180 Å². The number of hydrogen-bond acceptors (Lipinski definition) is 5. The number of aliphatic hydroxyl groups is 1. The fourth-order valence-corrected chi connectivity index (χ4v) is 6.24. The number of carbonyl (C=O) groups excluding carboxylic acids is 1. The van der Waals surface area contributed by atoms with Crippen molar-refractivity contribution in [2.24, 2.45) is 5.41 Å². The molecular weight excluding hydrogens is 386 g/mol. The predicted octanol–water partition coefficient (Wildman–Crippen LogP) is 4.68. The molecule has 0 aromatic rings. The predicted molar refractivity (Wildman–Crippen MR) is 121 cm³/mol. The molecule has 0 spiro atoms. The number of aliphatic hydroxyl groups excluding tert-OH is 1. The van der Waals surface area contributed by atoms with Crippen LogP contribution in [-0.2, 0) is 18.1 Å². The van der Waals surface area contributed by atoms with Crippen LogP contribution in [0, 0.1) is 5.41 Å². The van der Waals surface area contributed by atoms with E-state index in [0.29, 0.717) is 39.2 Å². The van der Waals surface area contributed by atoms with Crippen molar-refractivity contribution in [2.75, 3.05) is 26.4 Å². The van der Waals surface area contributed by atoms with Gasteiger partial charge in [0.1, 0.15) is 0 Å². The van der Waals surface area contributed by atoms with Crippen LogP contribution in [0.3, 0.4) is 0 Å². The molecule has 0 saturated heterocycles. The second kappa shape index (κ2) is 16.2. The first-order chi connectivity index (χ1) is 13.7. The SMILES string of the molecule is CCCCCCC(O)CCC(=O)NCC(C)(C)CC[Si](OCC)(OCC)OCC. The van der Waals surface area contributed by atoms with Gasteiger partial charge in [0.05, 0.1) is 6.10 Å². The molecule has 0 aliphatic heterocycles. The van der Waals surface area contributed by atoms with Gasteiger partial charge in [0.25, 0.3) is 0 Å². The minimum absolute atomic E-state index is 0.00798. The number of amides is 1. The Morgan fingerprint density at radius 3 is 2.07 bits per heavy atom. The fourth-order valence-electron chi connectivity index (χ4n) is 3.26. The Morgan fingerprint density at radius 2 is 1.55 bits per heavy atom. The van der Waals surface area contributed by atoms with Crippen molar-refractivity contribution < 1.29 is 23.2 Å². The normalized spacial score (nSPS) is 13.5. The molecule has 0 rings (SSSR count). The largest absolute Gasteiger partial charge is 0.500 e. The average Bonchev–Trinajstić information content (AvgIpc) is 2.67. The molecule has 6 nitrogen and oxygen atoms in total. The maximum absolute atomic E-state index is 12.2. The van der Waals surface area contributed by atoms with Crippen LogP contribution in [0.15, 0.2) is 0 Å². The third-order valence-electron chi connectivity index (χ3n) is 5.06. The summed E-state index contributed by atoms with van der Waals surface area (Å²) >= 11 is 0. The monoisotopic (exact) mass is 433 g/mol. The summed E-state index contributed by atoms with van der Waals surface area (Å²) in [5.74, 6) is 0.00798. The van der Waals surface area contributed by atoms with Crippen molar-refractivity contribution in [3.8, 4) is 0 Å². The van der Waals surface area contributed by atoms with Crippen LogP contribution in [0.2, 0.25) is 6.04 Å². The summed E-state index contributed by atoms with van der Waals surface area (Å²) in [7, 11) is -2.66. The van der Waals surface area contributed by atoms with E-state index in [-0.39, 0.29) is 17.4 Å². The lowest BCUT2D eigenvalue weighted by Gasteiger charge is -2.32. The highest BCUT2D eigenvalue weighted by Gasteiger charge is 2.41. The van der Waals surface area contributed by atoms with E-state index in [2.05, 4.69) is 26.1 Å². The van der Waals surface area contributed by atoms with Gasteiger partial charge in [-0.1, -0.05) is 46.5 Å². The molecule has 1 unspecified atom stereocenters. The Hall–Kier alpha value is -0.473. The third kappa shape index (κ3) is 14.2. The number of nitrogens with one attached hydrogen (secondary N) is 1. The van der Waals surface area contributed by atoms with Crippen molar-refractivity contribution in [2.45, 2.75) is 105 Å². The van der Waals surface area contributed by atoms with E-state index < -0.39 is 8.80 Å². The van der Waals surface area contributed by atoms with Crippen LogP contribution in [-0.4, -0.2) is 52.3 Å². The zero-order valence-corrected chi connectivity index (χ0v) is 20.8. The van der Waals surface area contributed by atoms with Crippen LogP contribution in [0.1, 0.15) is 92.9 Å². The van der Waals surface area contributed by atoms with Gasteiger partial charge in [-0.2, -0.15) is 0 Å². The Kier molecular flexibility index (Phi) is 16.0. The third-order valence-corrected chi connectivity index (χ3v) is 8.11. The lowest BCUT2D eigenvalue weighted by atomic mass is 9.90. The van der Waals surface area contributed by atoms with Crippen molar-refractivity contribution in [3.05, 3.63) is 0 Å². The highest BCUT2D eigenvalue weighted by atomic mass is 28.4. The van der Waals surface area contributed by atoms with Crippen LogP contribution in [0.25, 0.3) is 0 Å². The molecule has 0 heterocycles. The summed E-state index contributed by atoms with van der Waals surface area (Å²) in [6.45, 7) is 14.6. The molecule has 1 atom stereocenters. The minimum atomic E-state index is -2.66. The van der Waals surface area contributed by atoms with Crippen molar-refractivity contribution in [1.29, 1.82) is 0 Å². The lowest BCUT2D eigenvalue weighted by molar-refractivity contribution is -0.122. The molecule has 2 N–H and O–H groups in total. The minimum Gasteiger partial charge on any atom is -0.393 e. The van der Waals surface area contributed by atoms with Gasteiger partial charge in [0.2, 0.25) is 5.91 Å². The Bertz CT molecular complexity index is 403. The van der Waals surface area contributed by atoms with E-state index in [1.807, 2.05) is 20.8 Å². The van der Waals surface area contributed by atoms with E-state index in [0.717, 1.165) is 31.7 Å². The van der Waals surface area contributed by atoms with Crippen molar-refractivity contribution >= 4 is 14.7 Å². The summed E-state index contributed by atoms with van der Waals surface area (Å²) < 4.78 is 17.8. The fraction of sp³-hybridized carbons (Fsp3) is 0.955. The summed E-state index contributed by atoms with van der Waals surface area (Å²) in [4.78, 5) is 12.2. The Balaban J connectivity index is 4.32. The Morgan fingerprint density at radius 1 is 0.966 bits per heavy atom. The van der Waals surface area contributed by atoms with Gasteiger partial charge in [-0.25, -0.2) is 0 Å². The van der Waals surface area contributed by atoms with E-state index >= 15 is 0 Å². The number of carbonyl (C=O) groups is 1. The second-order valence-corrected chi connectivity index (χ2v) is 11.2. The maximum atomic E-state index is 12.2. The molecule has 29 heavy (non-hydrogen) atoms. The van der Waals surface area contributed by atoms with E-state index in [4.69, 9.17) is 13.3 Å². The second-order valence-electron chi connectivity index (χ2n) is 8.46. The van der Waals surface area contributed by atoms with Crippen LogP contribution >= 0.6 is 0 Å². The molecule has 0 fully saturated rings. The molecule has 7 heteroatoms. The standard InChI is InChI=1S/C22H47NO5Si/c1-7-11-12-13-14-20(24)15-16-21(25)23-19-22(5,6)17-18-29(26-8-2,27-9-3)28-10-4/h20,24H,7-19H2,1-6H3,(H,23,25). The van der Waals surface area contributed by atoms with Gasteiger partial charge in [-0.05, 0) is 45.4 Å². The highest BCUT2D eigenvalue weighted by Crippen LogP contribution is 2.28. The molecule has 0 bridgehead atoms. The molecule has 0 saturated carbocycles. The first kappa shape index (κ1) is 28.5. The quantitative estimate of drug-likeness (QED) is 0.228. The maximum Gasteiger partial charge on any atom is 0.500 e. The average molecular weight is 434 g/mol. The number of rotatable bonds is 19. The zero-order chi connectivity index (χ0) is 22.2. The van der Waals surface area contributed by atoms with Crippen molar-refractivity contribution in [3.63, 3.8) is 0 Å². The molecule has 0 aliphatic rings. The summed E-state index contributed by atoms with van der Waals surface area (Å²) in [5, 5.41) is 13.1. The lowest BCUT2D eigenvalue weighted by Crippen LogP contribution is -2.47. The summed E-state index contributed by atoms with van der Waals surface area (Å²) in [6, 6.07) is 0.738. The van der Waals surface area contributed by atoms with Crippen LogP contribution in [0.4, 0.5) is 0 Å². The van der Waals surface area contributed by atoms with Gasteiger partial charge in [-0.3, -0.25) is 4.79 Å². The van der Waals surface area contributed by atoms with Gasteiger partial charge >= 0.3 is 8.80 Å². The molecule has 0 aliphatic carbocycles. The molecular formula is C22H47NO5Si. The van der Waals surface area contributed by atoms with Crippen LogP contribution < -0.4 is 5.32 Å². The molecule has 0 aromatic heterocycles. The molecule has 0 radical (unpaired) electrons. The van der Waals surface area contributed by atoms with Gasteiger partial charge in [0, 0.05) is 38.8 Å². The molecule has 1 amide bonds. The topological polar surface area (TPSA) is 77.0 Å². The molecule has 0 aromatic carbocycles. The van der Waals surface area contributed by atoms with E-state index in [1.165, 1.54) is 12.8 Å². The van der Waals surface area contributed by atoms with Gasteiger partial charge < -0.3 is 23.7 Å². The number of unbranched alkanes of at least 4 members (excludes halogenated alkanes) is 3. The van der Waals surface area contributed by atoms with Gasteiger partial charge in [0.15, 0.2) is 0 Å². The number of hydrogen-bond donors (Lipinski definition) is 2. The first-order valence-corrected chi connectivity index (χ1v) is 13.5. The van der Waals surface area contributed by atoms with Gasteiger partial charge in [-0.15, -0.1) is 0 Å². The van der Waals surface area contributed by atoms with Crippen LogP contribution in [0.5, 0.6) is 0 Å². The summed E-state index contributed by atoms with van der Waals surface area (Å²) in [5.41, 5.74) is -0.0853. The molecule has 174 valence electrons. The smallest absolute Gasteiger partial charge is 0.393 e. The van der Waals surface area contributed by atoms with Crippen molar-refractivity contribution in [1.82, 2.24) is 5.32 Å². The first-order valence-electron chi connectivity index (χ1n) is 11.6. The zero-order valence-electron chi connectivity index (χ0n) is 19.8. The van der Waals surface area contributed by atoms with E-state index in [9.17, 15) is 9.90 Å². The highest BCUT2D eigenvalue weighted by molar-refractivity contribution is 6.60.